The average Bonchev–Trinajstić information content (AvgIpc) is 2.68. The van der Waals surface area contributed by atoms with Crippen molar-refractivity contribution in [1.82, 2.24) is 10.6 Å². The first-order valence-electron chi connectivity index (χ1n) is 9.87. The lowest BCUT2D eigenvalue weighted by Gasteiger charge is -2.31. The quantitative estimate of drug-likeness (QED) is 0.749. The Labute approximate surface area is 174 Å². The van der Waals surface area contributed by atoms with E-state index in [1.54, 1.807) is 0 Å². The van der Waals surface area contributed by atoms with Gasteiger partial charge in [-0.15, -0.1) is 12.4 Å². The van der Waals surface area contributed by atoms with Crippen LogP contribution < -0.4 is 15.4 Å². The van der Waals surface area contributed by atoms with Gasteiger partial charge in [0.1, 0.15) is 5.75 Å². The highest BCUT2D eigenvalue weighted by Crippen LogP contribution is 2.26. The molecule has 0 aliphatic carbocycles. The van der Waals surface area contributed by atoms with Crippen LogP contribution >= 0.6 is 12.4 Å². The first-order valence-corrected chi connectivity index (χ1v) is 9.87. The lowest BCUT2D eigenvalue weighted by molar-refractivity contribution is -0.129. The molecule has 2 aromatic rings. The highest BCUT2D eigenvalue weighted by atomic mass is 35.5. The number of hydrogen-bond acceptors (Lipinski definition) is 3. The summed E-state index contributed by atoms with van der Waals surface area (Å²) in [5.41, 5.74) is 2.07. The fourth-order valence-electron chi connectivity index (χ4n) is 3.47. The van der Waals surface area contributed by atoms with Gasteiger partial charge in [0.15, 0.2) is 0 Å². The van der Waals surface area contributed by atoms with E-state index in [1.165, 1.54) is 5.56 Å². The predicted molar refractivity (Wildman–Crippen MR) is 116 cm³/mol. The minimum atomic E-state index is -0.657. The molecule has 0 aromatic heterocycles. The molecular formula is C23H31ClN2O2. The highest BCUT2D eigenvalue weighted by Gasteiger charge is 2.28. The summed E-state index contributed by atoms with van der Waals surface area (Å²) in [7, 11) is 0. The molecule has 1 amide bonds. The molecule has 0 saturated carbocycles. The van der Waals surface area contributed by atoms with Crippen LogP contribution in [0.2, 0.25) is 0 Å². The summed E-state index contributed by atoms with van der Waals surface area (Å²) in [4.78, 5) is 13.1. The third kappa shape index (κ3) is 5.73. The van der Waals surface area contributed by atoms with Crippen molar-refractivity contribution >= 4 is 18.3 Å². The fourth-order valence-corrected chi connectivity index (χ4v) is 3.47. The highest BCUT2D eigenvalue weighted by molar-refractivity contribution is 5.85. The summed E-state index contributed by atoms with van der Waals surface area (Å²) in [6.07, 6.45) is 0.285. The molecule has 5 heteroatoms. The van der Waals surface area contributed by atoms with Crippen molar-refractivity contribution in [3.63, 3.8) is 0 Å². The SMILES string of the molecule is CC(C)c1cccc(OC(C(=O)NC2CCNCC2C)c2ccccc2)c1.Cl. The van der Waals surface area contributed by atoms with Gasteiger partial charge in [-0.1, -0.05) is 63.2 Å². The Kier molecular flexibility index (Phi) is 8.34. The molecule has 0 radical (unpaired) electrons. The fraction of sp³-hybridized carbons (Fsp3) is 0.435. The van der Waals surface area contributed by atoms with Crippen LogP contribution in [0, 0.1) is 5.92 Å². The van der Waals surface area contributed by atoms with Gasteiger partial charge in [-0.3, -0.25) is 4.79 Å². The Morgan fingerprint density at radius 3 is 2.50 bits per heavy atom. The van der Waals surface area contributed by atoms with E-state index in [9.17, 15) is 4.79 Å². The molecule has 2 N–H and O–H groups in total. The second-order valence-electron chi connectivity index (χ2n) is 7.72. The van der Waals surface area contributed by atoms with E-state index >= 15 is 0 Å². The van der Waals surface area contributed by atoms with E-state index in [2.05, 4.69) is 37.5 Å². The van der Waals surface area contributed by atoms with Crippen LogP contribution in [0.25, 0.3) is 0 Å². The first-order chi connectivity index (χ1) is 13.0. The number of piperidine rings is 1. The van der Waals surface area contributed by atoms with Crippen LogP contribution in [-0.4, -0.2) is 25.0 Å². The molecule has 3 unspecified atom stereocenters. The number of carbonyl (C=O) groups is 1. The second-order valence-corrected chi connectivity index (χ2v) is 7.72. The zero-order valence-electron chi connectivity index (χ0n) is 16.9. The molecule has 1 aliphatic heterocycles. The summed E-state index contributed by atoms with van der Waals surface area (Å²) in [5, 5.41) is 6.59. The molecular weight excluding hydrogens is 372 g/mol. The molecule has 0 spiro atoms. The Bertz CT molecular complexity index is 751. The Hall–Kier alpha value is -2.04. The molecule has 4 nitrogen and oxygen atoms in total. The third-order valence-electron chi connectivity index (χ3n) is 5.23. The zero-order chi connectivity index (χ0) is 19.2. The van der Waals surface area contributed by atoms with Crippen LogP contribution in [0.1, 0.15) is 50.3 Å². The van der Waals surface area contributed by atoms with Crippen molar-refractivity contribution in [3.05, 3.63) is 65.7 Å². The van der Waals surface area contributed by atoms with Crippen LogP contribution in [0.3, 0.4) is 0 Å². The van der Waals surface area contributed by atoms with E-state index in [4.69, 9.17) is 4.74 Å². The summed E-state index contributed by atoms with van der Waals surface area (Å²) in [6, 6.07) is 17.9. The van der Waals surface area contributed by atoms with Gasteiger partial charge in [-0.25, -0.2) is 0 Å². The summed E-state index contributed by atoms with van der Waals surface area (Å²) < 4.78 is 6.20. The number of ether oxygens (including phenoxy) is 1. The summed E-state index contributed by atoms with van der Waals surface area (Å²) in [6.45, 7) is 8.33. The molecule has 1 fully saturated rings. The monoisotopic (exact) mass is 402 g/mol. The Morgan fingerprint density at radius 1 is 1.11 bits per heavy atom. The van der Waals surface area contributed by atoms with Gasteiger partial charge in [0.2, 0.25) is 6.10 Å². The van der Waals surface area contributed by atoms with Crippen LogP contribution in [-0.2, 0) is 4.79 Å². The minimum absolute atomic E-state index is 0. The van der Waals surface area contributed by atoms with Crippen LogP contribution in [0.5, 0.6) is 5.75 Å². The average molecular weight is 403 g/mol. The standard InChI is InChI=1S/C23H30N2O2.ClH/c1-16(2)19-10-7-11-20(14-19)27-22(18-8-5-4-6-9-18)23(26)25-21-12-13-24-15-17(21)3;/h4-11,14,16-17,21-22,24H,12-13,15H2,1-3H3,(H,25,26);1H. The van der Waals surface area contributed by atoms with Crippen LogP contribution in [0.15, 0.2) is 54.6 Å². The van der Waals surface area contributed by atoms with Gasteiger partial charge in [0.25, 0.3) is 5.91 Å². The zero-order valence-corrected chi connectivity index (χ0v) is 17.7. The maximum Gasteiger partial charge on any atom is 0.266 e. The van der Waals surface area contributed by atoms with E-state index < -0.39 is 6.10 Å². The number of halogens is 1. The number of amides is 1. The number of hydrogen-bond donors (Lipinski definition) is 2. The lowest BCUT2D eigenvalue weighted by atomic mass is 9.95. The van der Waals surface area contributed by atoms with Gasteiger partial charge >= 0.3 is 0 Å². The van der Waals surface area contributed by atoms with Crippen molar-refractivity contribution in [3.8, 4) is 5.75 Å². The Balaban J connectivity index is 0.00000280. The van der Waals surface area contributed by atoms with Gasteiger partial charge in [-0.2, -0.15) is 0 Å². The van der Waals surface area contributed by atoms with Gasteiger partial charge < -0.3 is 15.4 Å². The largest absolute Gasteiger partial charge is 0.476 e. The number of nitrogens with one attached hydrogen (secondary N) is 2. The second kappa shape index (κ2) is 10.5. The maximum atomic E-state index is 13.1. The van der Waals surface area contributed by atoms with Gasteiger partial charge in [0.05, 0.1) is 0 Å². The van der Waals surface area contributed by atoms with Crippen molar-refractivity contribution in [2.24, 2.45) is 5.92 Å². The maximum absolute atomic E-state index is 13.1. The number of benzene rings is 2. The molecule has 1 aliphatic rings. The molecule has 1 saturated heterocycles. The molecule has 3 rings (SSSR count). The third-order valence-corrected chi connectivity index (χ3v) is 5.23. The van der Waals surface area contributed by atoms with E-state index in [1.807, 2.05) is 48.5 Å². The van der Waals surface area contributed by atoms with Gasteiger partial charge in [0, 0.05) is 11.6 Å². The summed E-state index contributed by atoms with van der Waals surface area (Å²) in [5.74, 6) is 1.47. The topological polar surface area (TPSA) is 50.4 Å². The smallest absolute Gasteiger partial charge is 0.266 e. The molecule has 2 aromatic carbocycles. The van der Waals surface area contributed by atoms with Crippen molar-refractivity contribution < 1.29 is 9.53 Å². The molecule has 152 valence electrons. The van der Waals surface area contributed by atoms with Gasteiger partial charge in [-0.05, 0) is 49.0 Å². The molecule has 3 atom stereocenters. The Morgan fingerprint density at radius 2 is 1.82 bits per heavy atom. The number of carbonyl (C=O) groups excluding carboxylic acids is 1. The normalized spacial score (nSPS) is 20.1. The van der Waals surface area contributed by atoms with Crippen LogP contribution in [0.4, 0.5) is 0 Å². The molecule has 0 bridgehead atoms. The molecule has 1 heterocycles. The van der Waals surface area contributed by atoms with Crippen molar-refractivity contribution in [1.29, 1.82) is 0 Å². The first kappa shape index (κ1) is 22.3. The van der Waals surface area contributed by atoms with E-state index in [-0.39, 0.29) is 24.4 Å². The number of rotatable bonds is 6. The lowest BCUT2D eigenvalue weighted by Crippen LogP contribution is -2.50. The van der Waals surface area contributed by atoms with Crippen molar-refractivity contribution in [2.75, 3.05) is 13.1 Å². The van der Waals surface area contributed by atoms with E-state index in [0.717, 1.165) is 30.8 Å². The minimum Gasteiger partial charge on any atom is -0.476 e. The predicted octanol–water partition coefficient (Wildman–Crippen LogP) is 4.47. The molecule has 28 heavy (non-hydrogen) atoms. The van der Waals surface area contributed by atoms with E-state index in [0.29, 0.717) is 11.8 Å². The summed E-state index contributed by atoms with van der Waals surface area (Å²) >= 11 is 0. The van der Waals surface area contributed by atoms with Crippen molar-refractivity contribution in [2.45, 2.75) is 45.3 Å².